The first-order valence-electron chi connectivity index (χ1n) is 6.12. The number of halogens is 1. The summed E-state index contributed by atoms with van der Waals surface area (Å²) in [6.45, 7) is 1.89. The summed E-state index contributed by atoms with van der Waals surface area (Å²) in [5.41, 5.74) is 5.64. The van der Waals surface area contributed by atoms with E-state index in [4.69, 9.17) is 5.73 Å². The van der Waals surface area contributed by atoms with Gasteiger partial charge in [0, 0.05) is 25.6 Å². The fraction of sp³-hybridized carbons (Fsp3) is 0.917. The van der Waals surface area contributed by atoms with Gasteiger partial charge in [-0.3, -0.25) is 4.79 Å². The molecule has 1 saturated carbocycles. The summed E-state index contributed by atoms with van der Waals surface area (Å²) >= 11 is 0. The number of carbonyl (C=O) groups excluding carboxylic acids is 1. The van der Waals surface area contributed by atoms with E-state index in [0.29, 0.717) is 12.5 Å². The van der Waals surface area contributed by atoms with Gasteiger partial charge in [0.25, 0.3) is 0 Å². The van der Waals surface area contributed by atoms with Crippen LogP contribution in [0, 0.1) is 0 Å². The Bertz CT molecular complexity index is 201. The highest BCUT2D eigenvalue weighted by Crippen LogP contribution is 2.21. The summed E-state index contributed by atoms with van der Waals surface area (Å²) in [6.07, 6.45) is 7.99. The Morgan fingerprint density at radius 1 is 1.31 bits per heavy atom. The minimum atomic E-state index is -0.0225. The van der Waals surface area contributed by atoms with Crippen LogP contribution >= 0.6 is 12.4 Å². The zero-order chi connectivity index (χ0) is 11.3. The molecule has 3 nitrogen and oxygen atoms in total. The molecule has 4 heteroatoms. The molecule has 0 heterocycles. The molecule has 16 heavy (non-hydrogen) atoms. The van der Waals surface area contributed by atoms with Crippen molar-refractivity contribution in [1.29, 1.82) is 0 Å². The van der Waals surface area contributed by atoms with Crippen LogP contribution in [0.4, 0.5) is 0 Å². The standard InChI is InChI=1S/C12H24N2O.ClH/c1-10(13)9-12(15)14(2)11-7-5-3-4-6-8-11;/h10-11H,3-9,13H2,1-2H3;1H. The van der Waals surface area contributed by atoms with Gasteiger partial charge >= 0.3 is 0 Å². The molecule has 0 aliphatic heterocycles. The third-order valence-electron chi connectivity index (χ3n) is 3.26. The van der Waals surface area contributed by atoms with E-state index in [9.17, 15) is 4.79 Å². The van der Waals surface area contributed by atoms with E-state index in [1.54, 1.807) is 0 Å². The third kappa shape index (κ3) is 5.17. The van der Waals surface area contributed by atoms with E-state index in [-0.39, 0.29) is 24.4 Å². The Labute approximate surface area is 105 Å². The normalized spacial score (nSPS) is 19.4. The molecule has 1 unspecified atom stereocenters. The molecule has 1 rings (SSSR count). The first-order chi connectivity index (χ1) is 7.11. The number of hydrogen-bond acceptors (Lipinski definition) is 2. The van der Waals surface area contributed by atoms with Gasteiger partial charge in [0.1, 0.15) is 0 Å². The molecule has 0 aromatic carbocycles. The second kappa shape index (κ2) is 7.91. The molecule has 1 amide bonds. The topological polar surface area (TPSA) is 46.3 Å². The van der Waals surface area contributed by atoms with Crippen LogP contribution in [0.25, 0.3) is 0 Å². The molecular weight excluding hydrogens is 224 g/mol. The van der Waals surface area contributed by atoms with E-state index < -0.39 is 0 Å². The summed E-state index contributed by atoms with van der Waals surface area (Å²) in [5, 5.41) is 0. The smallest absolute Gasteiger partial charge is 0.224 e. The maximum absolute atomic E-state index is 11.8. The highest BCUT2D eigenvalue weighted by atomic mass is 35.5. The van der Waals surface area contributed by atoms with Gasteiger partial charge in [0.2, 0.25) is 5.91 Å². The predicted octanol–water partition coefficient (Wildman–Crippen LogP) is 2.33. The lowest BCUT2D eigenvalue weighted by Gasteiger charge is -2.27. The first-order valence-corrected chi connectivity index (χ1v) is 6.12. The number of hydrogen-bond donors (Lipinski definition) is 1. The van der Waals surface area contributed by atoms with Crippen LogP contribution in [0.3, 0.4) is 0 Å². The minimum Gasteiger partial charge on any atom is -0.343 e. The Kier molecular flexibility index (Phi) is 7.77. The van der Waals surface area contributed by atoms with E-state index in [0.717, 1.165) is 0 Å². The van der Waals surface area contributed by atoms with Gasteiger partial charge in [-0.05, 0) is 19.8 Å². The fourth-order valence-electron chi connectivity index (χ4n) is 2.27. The largest absolute Gasteiger partial charge is 0.343 e. The molecule has 1 fully saturated rings. The summed E-state index contributed by atoms with van der Waals surface area (Å²) in [7, 11) is 1.93. The minimum absolute atomic E-state index is 0. The molecule has 96 valence electrons. The summed E-state index contributed by atoms with van der Waals surface area (Å²) < 4.78 is 0. The Morgan fingerprint density at radius 3 is 2.25 bits per heavy atom. The van der Waals surface area contributed by atoms with E-state index in [1.807, 2.05) is 18.9 Å². The van der Waals surface area contributed by atoms with E-state index >= 15 is 0 Å². The quantitative estimate of drug-likeness (QED) is 0.780. The van der Waals surface area contributed by atoms with Gasteiger partial charge in [-0.15, -0.1) is 12.4 Å². The summed E-state index contributed by atoms with van der Waals surface area (Å²) in [6, 6.07) is 0.435. The second-order valence-corrected chi connectivity index (χ2v) is 4.83. The van der Waals surface area contributed by atoms with Crippen LogP contribution < -0.4 is 5.73 Å². The first kappa shape index (κ1) is 15.7. The van der Waals surface area contributed by atoms with E-state index in [2.05, 4.69) is 0 Å². The lowest BCUT2D eigenvalue weighted by Crippen LogP contribution is -2.39. The summed E-state index contributed by atoms with van der Waals surface area (Å²) in [4.78, 5) is 13.7. The van der Waals surface area contributed by atoms with Crippen LogP contribution in [0.15, 0.2) is 0 Å². The molecular formula is C12H25ClN2O. The van der Waals surface area contributed by atoms with Crippen molar-refractivity contribution in [3.05, 3.63) is 0 Å². The Morgan fingerprint density at radius 2 is 1.81 bits per heavy atom. The monoisotopic (exact) mass is 248 g/mol. The van der Waals surface area contributed by atoms with Crippen LogP contribution in [-0.4, -0.2) is 29.9 Å². The Hall–Kier alpha value is -0.280. The van der Waals surface area contributed by atoms with Gasteiger partial charge in [-0.1, -0.05) is 25.7 Å². The van der Waals surface area contributed by atoms with Crippen LogP contribution in [0.1, 0.15) is 51.9 Å². The highest BCUT2D eigenvalue weighted by molar-refractivity contribution is 5.85. The van der Waals surface area contributed by atoms with Crippen LogP contribution in [0.5, 0.6) is 0 Å². The maximum Gasteiger partial charge on any atom is 0.224 e. The van der Waals surface area contributed by atoms with Crippen molar-refractivity contribution in [3.63, 3.8) is 0 Å². The van der Waals surface area contributed by atoms with Crippen LogP contribution in [-0.2, 0) is 4.79 Å². The molecule has 0 saturated heterocycles. The van der Waals surface area contributed by atoms with E-state index in [1.165, 1.54) is 38.5 Å². The molecule has 0 aromatic rings. The van der Waals surface area contributed by atoms with Crippen molar-refractivity contribution in [2.24, 2.45) is 5.73 Å². The Balaban J connectivity index is 0.00000225. The molecule has 1 aliphatic rings. The van der Waals surface area contributed by atoms with Crippen molar-refractivity contribution >= 4 is 18.3 Å². The molecule has 0 aromatic heterocycles. The second-order valence-electron chi connectivity index (χ2n) is 4.83. The third-order valence-corrected chi connectivity index (χ3v) is 3.26. The summed E-state index contributed by atoms with van der Waals surface area (Å²) in [5.74, 6) is 0.205. The SMILES string of the molecule is CC(N)CC(=O)N(C)C1CCCCCC1.Cl. The molecule has 0 radical (unpaired) electrons. The number of rotatable bonds is 3. The zero-order valence-corrected chi connectivity index (χ0v) is 11.3. The van der Waals surface area contributed by atoms with Crippen molar-refractivity contribution in [3.8, 4) is 0 Å². The van der Waals surface area contributed by atoms with Gasteiger partial charge in [0.05, 0.1) is 0 Å². The lowest BCUT2D eigenvalue weighted by atomic mass is 10.1. The zero-order valence-electron chi connectivity index (χ0n) is 10.4. The average molecular weight is 249 g/mol. The molecule has 0 spiro atoms. The molecule has 2 N–H and O–H groups in total. The van der Waals surface area contributed by atoms with Gasteiger partial charge < -0.3 is 10.6 Å². The van der Waals surface area contributed by atoms with Gasteiger partial charge in [-0.2, -0.15) is 0 Å². The number of amides is 1. The molecule has 0 bridgehead atoms. The fourth-order valence-corrected chi connectivity index (χ4v) is 2.27. The number of nitrogens with two attached hydrogens (primary N) is 1. The number of nitrogens with zero attached hydrogens (tertiary/aromatic N) is 1. The van der Waals surface area contributed by atoms with Crippen molar-refractivity contribution in [2.45, 2.75) is 64.0 Å². The van der Waals surface area contributed by atoms with Crippen molar-refractivity contribution in [2.75, 3.05) is 7.05 Å². The average Bonchev–Trinajstić information content (AvgIpc) is 2.43. The van der Waals surface area contributed by atoms with Gasteiger partial charge in [0.15, 0.2) is 0 Å². The molecule has 1 atom stereocenters. The van der Waals surface area contributed by atoms with Crippen molar-refractivity contribution < 1.29 is 4.79 Å². The lowest BCUT2D eigenvalue weighted by molar-refractivity contribution is -0.132. The van der Waals surface area contributed by atoms with Gasteiger partial charge in [-0.25, -0.2) is 0 Å². The predicted molar refractivity (Wildman–Crippen MR) is 69.8 cm³/mol. The number of carbonyl (C=O) groups is 1. The highest BCUT2D eigenvalue weighted by Gasteiger charge is 2.21. The maximum atomic E-state index is 11.8. The van der Waals surface area contributed by atoms with Crippen LogP contribution in [0.2, 0.25) is 0 Å². The van der Waals surface area contributed by atoms with Crippen molar-refractivity contribution in [1.82, 2.24) is 4.90 Å². The molecule has 1 aliphatic carbocycles.